The van der Waals surface area contributed by atoms with E-state index in [4.69, 9.17) is 0 Å². The Hall–Kier alpha value is -0.370. The molecule has 14 heavy (non-hydrogen) atoms. The van der Waals surface area contributed by atoms with Gasteiger partial charge in [-0.15, -0.1) is 0 Å². The Labute approximate surface area is 86.7 Å². The zero-order chi connectivity index (χ0) is 10.9. The number of carbonyl (C=O) groups excluding carboxylic acids is 1. The molecule has 2 nitrogen and oxygen atoms in total. The van der Waals surface area contributed by atoms with Gasteiger partial charge in [0.2, 0.25) is 0 Å². The highest BCUT2D eigenvalue weighted by molar-refractivity contribution is 5.85. The summed E-state index contributed by atoms with van der Waals surface area (Å²) in [6, 6.07) is 0. The van der Waals surface area contributed by atoms with Gasteiger partial charge in [0, 0.05) is 11.8 Å². The zero-order valence-electron chi connectivity index (χ0n) is 9.71. The highest BCUT2D eigenvalue weighted by Crippen LogP contribution is 2.37. The smallest absolute Gasteiger partial charge is 0.142 e. The van der Waals surface area contributed by atoms with E-state index in [-0.39, 0.29) is 17.6 Å². The van der Waals surface area contributed by atoms with Crippen molar-refractivity contribution in [2.75, 3.05) is 0 Å². The van der Waals surface area contributed by atoms with Gasteiger partial charge in [-0.3, -0.25) is 4.79 Å². The minimum absolute atomic E-state index is 0.149. The molecule has 82 valence electrons. The highest BCUT2D eigenvalue weighted by Gasteiger charge is 2.41. The third-order valence-electron chi connectivity index (χ3n) is 3.60. The molecule has 0 spiro atoms. The van der Waals surface area contributed by atoms with Crippen molar-refractivity contribution in [2.24, 2.45) is 17.8 Å². The van der Waals surface area contributed by atoms with Crippen molar-refractivity contribution in [1.29, 1.82) is 0 Å². The summed E-state index contributed by atoms with van der Waals surface area (Å²) in [6.07, 6.45) is 2.82. The van der Waals surface area contributed by atoms with Crippen molar-refractivity contribution in [3.8, 4) is 0 Å². The number of ketones is 1. The SMILES string of the molecule is CCC1C(=O)C(C(C)(C)O)CCC1C. The van der Waals surface area contributed by atoms with Crippen LogP contribution in [0.1, 0.15) is 47.0 Å². The minimum atomic E-state index is -0.843. The van der Waals surface area contributed by atoms with Gasteiger partial charge in [-0.25, -0.2) is 0 Å². The summed E-state index contributed by atoms with van der Waals surface area (Å²) in [7, 11) is 0. The molecule has 0 amide bonds. The molecule has 0 saturated heterocycles. The van der Waals surface area contributed by atoms with Gasteiger partial charge in [0.15, 0.2) is 0 Å². The van der Waals surface area contributed by atoms with Crippen molar-refractivity contribution in [2.45, 2.75) is 52.6 Å². The maximum absolute atomic E-state index is 12.1. The monoisotopic (exact) mass is 198 g/mol. The Kier molecular flexibility index (Phi) is 3.36. The summed E-state index contributed by atoms with van der Waals surface area (Å²) in [5, 5.41) is 9.89. The topological polar surface area (TPSA) is 37.3 Å². The molecule has 0 aromatic carbocycles. The van der Waals surface area contributed by atoms with Crippen LogP contribution in [-0.4, -0.2) is 16.5 Å². The first-order valence-corrected chi connectivity index (χ1v) is 5.64. The first-order valence-electron chi connectivity index (χ1n) is 5.64. The summed E-state index contributed by atoms with van der Waals surface area (Å²) in [6.45, 7) is 7.70. The van der Waals surface area contributed by atoms with Crippen molar-refractivity contribution in [3.63, 3.8) is 0 Å². The molecule has 3 atom stereocenters. The molecule has 1 aliphatic rings. The summed E-state index contributed by atoms with van der Waals surface area (Å²) in [5.41, 5.74) is -0.843. The van der Waals surface area contributed by atoms with Gasteiger partial charge in [-0.2, -0.15) is 0 Å². The molecule has 2 heteroatoms. The van der Waals surface area contributed by atoms with Crippen LogP contribution in [0.5, 0.6) is 0 Å². The number of carbonyl (C=O) groups is 1. The summed E-state index contributed by atoms with van der Waals surface area (Å²) >= 11 is 0. The van der Waals surface area contributed by atoms with Gasteiger partial charge in [-0.05, 0) is 39.0 Å². The second-order valence-corrected chi connectivity index (χ2v) is 5.18. The standard InChI is InChI=1S/C12H22O2/c1-5-9-8(2)6-7-10(11(9)13)12(3,4)14/h8-10,14H,5-7H2,1-4H3. The average Bonchev–Trinajstić information content (AvgIpc) is 2.02. The molecule has 0 aromatic heterocycles. The van der Waals surface area contributed by atoms with Gasteiger partial charge in [0.25, 0.3) is 0 Å². The molecule has 0 radical (unpaired) electrons. The third-order valence-corrected chi connectivity index (χ3v) is 3.60. The fraction of sp³-hybridized carbons (Fsp3) is 0.917. The molecular weight excluding hydrogens is 176 g/mol. The van der Waals surface area contributed by atoms with E-state index in [2.05, 4.69) is 13.8 Å². The van der Waals surface area contributed by atoms with Crippen LogP contribution in [0.2, 0.25) is 0 Å². The quantitative estimate of drug-likeness (QED) is 0.739. The van der Waals surface area contributed by atoms with Crippen molar-refractivity contribution < 1.29 is 9.90 Å². The van der Waals surface area contributed by atoms with E-state index < -0.39 is 5.60 Å². The van der Waals surface area contributed by atoms with Gasteiger partial charge < -0.3 is 5.11 Å². The van der Waals surface area contributed by atoms with Crippen molar-refractivity contribution in [1.82, 2.24) is 0 Å². The lowest BCUT2D eigenvalue weighted by Gasteiger charge is -2.38. The van der Waals surface area contributed by atoms with Crippen molar-refractivity contribution >= 4 is 5.78 Å². The van der Waals surface area contributed by atoms with Crippen molar-refractivity contribution in [3.05, 3.63) is 0 Å². The molecule has 3 unspecified atom stereocenters. The largest absolute Gasteiger partial charge is 0.390 e. The predicted molar refractivity (Wildman–Crippen MR) is 57.0 cm³/mol. The molecule has 0 aromatic rings. The van der Waals surface area contributed by atoms with Gasteiger partial charge in [0.1, 0.15) is 5.78 Å². The number of hydrogen-bond donors (Lipinski definition) is 1. The van der Waals surface area contributed by atoms with E-state index in [1.165, 1.54) is 0 Å². The van der Waals surface area contributed by atoms with Crippen LogP contribution >= 0.6 is 0 Å². The average molecular weight is 198 g/mol. The summed E-state index contributed by atoms with van der Waals surface area (Å²) in [5.74, 6) is 0.786. The molecule has 0 heterocycles. The van der Waals surface area contributed by atoms with Crippen LogP contribution < -0.4 is 0 Å². The number of Topliss-reactive ketones (excluding diaryl/α,β-unsaturated/α-hetero) is 1. The summed E-state index contributed by atoms with van der Waals surface area (Å²) < 4.78 is 0. The Morgan fingerprint density at radius 3 is 2.43 bits per heavy atom. The van der Waals surface area contributed by atoms with E-state index >= 15 is 0 Å². The number of rotatable bonds is 2. The fourth-order valence-corrected chi connectivity index (χ4v) is 2.62. The van der Waals surface area contributed by atoms with E-state index in [9.17, 15) is 9.90 Å². The molecule has 1 rings (SSSR count). The van der Waals surface area contributed by atoms with Gasteiger partial charge >= 0.3 is 0 Å². The van der Waals surface area contributed by atoms with Crippen LogP contribution in [0.15, 0.2) is 0 Å². The van der Waals surface area contributed by atoms with Crippen LogP contribution in [0.4, 0.5) is 0 Å². The molecule has 0 aliphatic heterocycles. The van der Waals surface area contributed by atoms with Crippen LogP contribution in [-0.2, 0) is 4.79 Å². The Morgan fingerprint density at radius 2 is 2.00 bits per heavy atom. The van der Waals surface area contributed by atoms with Gasteiger partial charge in [-0.1, -0.05) is 13.8 Å². The lowest BCUT2D eigenvalue weighted by atomic mass is 9.68. The second-order valence-electron chi connectivity index (χ2n) is 5.18. The second kappa shape index (κ2) is 4.01. The summed E-state index contributed by atoms with van der Waals surface area (Å²) in [4.78, 5) is 12.1. The predicted octanol–water partition coefficient (Wildman–Crippen LogP) is 2.40. The molecular formula is C12H22O2. The van der Waals surface area contributed by atoms with Crippen LogP contribution in [0.3, 0.4) is 0 Å². The number of aliphatic hydroxyl groups is 1. The maximum Gasteiger partial charge on any atom is 0.142 e. The molecule has 1 N–H and O–H groups in total. The Balaban J connectivity index is 2.79. The van der Waals surface area contributed by atoms with Crippen LogP contribution in [0, 0.1) is 17.8 Å². The lowest BCUT2D eigenvalue weighted by Crippen LogP contribution is -2.44. The minimum Gasteiger partial charge on any atom is -0.390 e. The normalized spacial score (nSPS) is 34.6. The van der Waals surface area contributed by atoms with Gasteiger partial charge in [0.05, 0.1) is 5.60 Å². The lowest BCUT2D eigenvalue weighted by molar-refractivity contribution is -0.140. The van der Waals surface area contributed by atoms with E-state index in [1.807, 2.05) is 0 Å². The van der Waals surface area contributed by atoms with E-state index in [0.717, 1.165) is 19.3 Å². The van der Waals surface area contributed by atoms with Crippen LogP contribution in [0.25, 0.3) is 0 Å². The first kappa shape index (κ1) is 11.7. The fourth-order valence-electron chi connectivity index (χ4n) is 2.62. The Bertz CT molecular complexity index is 215. The molecule has 1 fully saturated rings. The molecule has 0 bridgehead atoms. The first-order chi connectivity index (χ1) is 6.38. The zero-order valence-corrected chi connectivity index (χ0v) is 9.71. The maximum atomic E-state index is 12.1. The third kappa shape index (κ3) is 2.17. The number of hydrogen-bond acceptors (Lipinski definition) is 2. The van der Waals surface area contributed by atoms with E-state index in [1.54, 1.807) is 13.8 Å². The Morgan fingerprint density at radius 1 is 1.43 bits per heavy atom. The molecule has 1 saturated carbocycles. The highest BCUT2D eigenvalue weighted by atomic mass is 16.3. The molecule has 1 aliphatic carbocycles. The van der Waals surface area contributed by atoms with E-state index in [0.29, 0.717) is 5.92 Å².